The molecule has 2 unspecified atom stereocenters. The molecule has 0 aromatic carbocycles. The highest BCUT2D eigenvalue weighted by molar-refractivity contribution is 7.96. The molecule has 0 bridgehead atoms. The monoisotopic (exact) mass is 309 g/mol. The molecular formula is C7H5F4O7S-. The minimum absolute atomic E-state index is 0.171. The third kappa shape index (κ3) is 3.46. The Labute approximate surface area is 106 Å². The maximum absolute atomic E-state index is 13.5. The van der Waals surface area contributed by atoms with Crippen molar-refractivity contribution in [3.63, 3.8) is 0 Å². The Bertz CT molecular complexity index is 362. The molecule has 19 heavy (non-hydrogen) atoms. The van der Waals surface area contributed by atoms with Gasteiger partial charge in [0, 0.05) is 6.42 Å². The van der Waals surface area contributed by atoms with Gasteiger partial charge in [-0.3, -0.25) is 5.04 Å². The fourth-order valence-corrected chi connectivity index (χ4v) is 1.38. The first kappa shape index (κ1) is 15.9. The first-order valence-corrected chi connectivity index (χ1v) is 5.24. The maximum atomic E-state index is 13.5. The first-order valence-electron chi connectivity index (χ1n) is 4.50. The van der Waals surface area contributed by atoms with Gasteiger partial charge in [0.2, 0.25) is 6.10 Å². The fourth-order valence-electron chi connectivity index (χ4n) is 1.05. The SMILES string of the molecule is O=C1OCCC1OC(=O)C(F)(SOO[O-])C(F)(F)F. The van der Waals surface area contributed by atoms with E-state index >= 15 is 0 Å². The topological polar surface area (TPSA) is 94.1 Å². The molecule has 0 radical (unpaired) electrons. The lowest BCUT2D eigenvalue weighted by molar-refractivity contribution is -0.777. The van der Waals surface area contributed by atoms with Crippen LogP contribution in [0.4, 0.5) is 17.6 Å². The van der Waals surface area contributed by atoms with Gasteiger partial charge < -0.3 is 14.7 Å². The highest BCUT2D eigenvalue weighted by Crippen LogP contribution is 2.44. The van der Waals surface area contributed by atoms with Crippen LogP contribution in [0.5, 0.6) is 0 Å². The molecule has 1 heterocycles. The van der Waals surface area contributed by atoms with Crippen molar-refractivity contribution in [3.05, 3.63) is 0 Å². The van der Waals surface area contributed by atoms with Crippen molar-refractivity contribution in [2.45, 2.75) is 23.7 Å². The quantitative estimate of drug-likeness (QED) is 0.229. The molecule has 1 aliphatic heterocycles. The van der Waals surface area contributed by atoms with Gasteiger partial charge in [0.05, 0.1) is 18.6 Å². The van der Waals surface area contributed by atoms with Gasteiger partial charge in [0.1, 0.15) is 0 Å². The zero-order valence-corrected chi connectivity index (χ0v) is 9.59. The van der Waals surface area contributed by atoms with Crippen LogP contribution in [0, 0.1) is 0 Å². The third-order valence-corrected chi connectivity index (χ3v) is 2.69. The predicted octanol–water partition coefficient (Wildman–Crippen LogP) is -0.0551. The van der Waals surface area contributed by atoms with Crippen LogP contribution in [0.1, 0.15) is 6.42 Å². The lowest BCUT2D eigenvalue weighted by Gasteiger charge is -2.24. The summed E-state index contributed by atoms with van der Waals surface area (Å²) in [6.07, 6.45) is -7.60. The van der Waals surface area contributed by atoms with Crippen LogP contribution in [0.2, 0.25) is 0 Å². The van der Waals surface area contributed by atoms with Gasteiger partial charge in [-0.25, -0.2) is 14.0 Å². The molecule has 0 amide bonds. The minimum Gasteiger partial charge on any atom is -0.691 e. The molecule has 0 aromatic heterocycles. The Hall–Kier alpha value is -1.11. The van der Waals surface area contributed by atoms with Crippen LogP contribution in [-0.4, -0.2) is 35.8 Å². The number of hydrogen-bond acceptors (Lipinski definition) is 8. The van der Waals surface area contributed by atoms with E-state index in [1.54, 1.807) is 0 Å². The molecule has 0 saturated carbocycles. The van der Waals surface area contributed by atoms with E-state index in [1.165, 1.54) is 0 Å². The Kier molecular flexibility index (Phi) is 4.95. The van der Waals surface area contributed by atoms with Gasteiger partial charge in [-0.05, 0) is 0 Å². The molecule has 1 aliphatic rings. The van der Waals surface area contributed by atoms with E-state index in [-0.39, 0.29) is 13.0 Å². The molecule has 1 saturated heterocycles. The molecule has 0 aromatic rings. The van der Waals surface area contributed by atoms with Crippen molar-refractivity contribution in [2.24, 2.45) is 0 Å². The van der Waals surface area contributed by atoms with E-state index in [4.69, 9.17) is 0 Å². The number of ether oxygens (including phenoxy) is 2. The molecule has 1 fully saturated rings. The van der Waals surface area contributed by atoms with Crippen molar-refractivity contribution >= 4 is 24.0 Å². The molecular weight excluding hydrogens is 304 g/mol. The summed E-state index contributed by atoms with van der Waals surface area (Å²) in [5, 5.41) is 7.26. The predicted molar refractivity (Wildman–Crippen MR) is 45.1 cm³/mol. The Balaban J connectivity index is 2.79. The van der Waals surface area contributed by atoms with Crippen LogP contribution < -0.4 is 5.26 Å². The number of rotatable bonds is 5. The summed E-state index contributed by atoms with van der Waals surface area (Å²) in [5.41, 5.74) is 0. The fraction of sp³-hybridized carbons (Fsp3) is 0.714. The normalized spacial score (nSPS) is 22.8. The average molecular weight is 309 g/mol. The van der Waals surface area contributed by atoms with Gasteiger partial charge >= 0.3 is 23.1 Å². The number of alkyl halides is 4. The molecule has 0 N–H and O–H groups in total. The maximum Gasteiger partial charge on any atom is 0.446 e. The van der Waals surface area contributed by atoms with Gasteiger partial charge in [-0.2, -0.15) is 17.5 Å². The van der Waals surface area contributed by atoms with Crippen LogP contribution in [0.25, 0.3) is 0 Å². The Morgan fingerprint density at radius 3 is 2.47 bits per heavy atom. The lowest BCUT2D eigenvalue weighted by atomic mass is 10.3. The standard InChI is InChI=1S/C7H6F4O7S/c8-6(7(9,10)11,19-18-17-14)5(13)16-3-1-2-15-4(3)12/h3,14H,1-2H2/p-1. The molecule has 2 atom stereocenters. The van der Waals surface area contributed by atoms with E-state index in [2.05, 4.69) is 18.8 Å². The van der Waals surface area contributed by atoms with E-state index in [0.717, 1.165) is 0 Å². The molecule has 1 rings (SSSR count). The second-order valence-corrected chi connectivity index (χ2v) is 4.03. The van der Waals surface area contributed by atoms with Crippen molar-refractivity contribution in [2.75, 3.05) is 6.61 Å². The number of carbonyl (C=O) groups excluding carboxylic acids is 2. The smallest absolute Gasteiger partial charge is 0.446 e. The second kappa shape index (κ2) is 5.90. The van der Waals surface area contributed by atoms with Gasteiger partial charge in [-0.1, -0.05) is 0 Å². The molecule has 7 nitrogen and oxygen atoms in total. The van der Waals surface area contributed by atoms with Gasteiger partial charge in [0.15, 0.2) is 0 Å². The second-order valence-electron chi connectivity index (χ2n) is 3.16. The molecule has 110 valence electrons. The first-order chi connectivity index (χ1) is 8.72. The summed E-state index contributed by atoms with van der Waals surface area (Å²) in [7, 11) is 0. The number of cyclic esters (lactones) is 1. The van der Waals surface area contributed by atoms with Crippen molar-refractivity contribution in [3.8, 4) is 0 Å². The number of carbonyl (C=O) groups is 2. The van der Waals surface area contributed by atoms with Crippen LogP contribution in [0.3, 0.4) is 0 Å². The Morgan fingerprint density at radius 1 is 1.42 bits per heavy atom. The van der Waals surface area contributed by atoms with E-state index in [9.17, 15) is 32.4 Å². The average Bonchev–Trinajstić information content (AvgIpc) is 2.70. The summed E-state index contributed by atoms with van der Waals surface area (Å²) in [5.74, 6) is -3.55. The summed E-state index contributed by atoms with van der Waals surface area (Å²) in [6.45, 7) is -0.171. The van der Waals surface area contributed by atoms with Crippen molar-refractivity contribution in [1.82, 2.24) is 0 Å². The van der Waals surface area contributed by atoms with Crippen LogP contribution in [-0.2, 0) is 28.4 Å². The Morgan fingerprint density at radius 2 is 2.05 bits per heavy atom. The summed E-state index contributed by atoms with van der Waals surface area (Å²) in [6, 6.07) is 0. The molecule has 0 spiro atoms. The van der Waals surface area contributed by atoms with Crippen LogP contribution in [0.15, 0.2) is 0 Å². The number of esters is 2. The van der Waals surface area contributed by atoms with Crippen molar-refractivity contribution < 1.29 is 51.3 Å². The minimum atomic E-state index is -5.75. The third-order valence-electron chi connectivity index (χ3n) is 1.94. The van der Waals surface area contributed by atoms with E-state index in [1.807, 2.05) is 0 Å². The molecule has 0 aliphatic carbocycles. The summed E-state index contributed by atoms with van der Waals surface area (Å²) >= 11 is -1.23. The zero-order valence-electron chi connectivity index (χ0n) is 8.77. The van der Waals surface area contributed by atoms with E-state index < -0.39 is 41.3 Å². The lowest BCUT2D eigenvalue weighted by Crippen LogP contribution is -2.48. The van der Waals surface area contributed by atoms with E-state index in [0.29, 0.717) is 0 Å². The number of halogens is 4. The highest BCUT2D eigenvalue weighted by Gasteiger charge is 2.66. The molecule has 12 heteroatoms. The van der Waals surface area contributed by atoms with Crippen LogP contribution >= 0.6 is 12.0 Å². The van der Waals surface area contributed by atoms with Gasteiger partial charge in [-0.15, -0.1) is 0 Å². The highest BCUT2D eigenvalue weighted by atomic mass is 32.2. The van der Waals surface area contributed by atoms with Gasteiger partial charge in [0.25, 0.3) is 0 Å². The zero-order chi connectivity index (χ0) is 14.7. The largest absolute Gasteiger partial charge is 0.691 e. The summed E-state index contributed by atoms with van der Waals surface area (Å²) < 4.78 is 62.3. The number of hydrogen-bond donors (Lipinski definition) is 0. The van der Waals surface area contributed by atoms with Crippen molar-refractivity contribution in [1.29, 1.82) is 0 Å². The summed E-state index contributed by atoms with van der Waals surface area (Å²) in [4.78, 5) is 22.0.